The molecule has 0 bridgehead atoms. The van der Waals surface area contributed by atoms with Crippen LogP contribution in [0.2, 0.25) is 0 Å². The first-order valence-corrected chi connectivity index (χ1v) is 9.95. The van der Waals surface area contributed by atoms with Gasteiger partial charge in [0, 0.05) is 6.20 Å². The van der Waals surface area contributed by atoms with Crippen molar-refractivity contribution in [2.45, 2.75) is 0 Å². The van der Waals surface area contributed by atoms with Crippen LogP contribution in [-0.4, -0.2) is 4.98 Å². The fraction of sp³-hybridized carbons (Fsp3) is 0. The summed E-state index contributed by atoms with van der Waals surface area (Å²) in [6, 6.07) is 34.2. The van der Waals surface area contributed by atoms with Crippen molar-refractivity contribution in [3.63, 3.8) is 0 Å². The topological polar surface area (TPSA) is 36.7 Å². The van der Waals surface area contributed by atoms with E-state index in [1.807, 2.05) is 12.1 Å². The molecule has 0 saturated heterocycles. The number of nitriles is 1. The van der Waals surface area contributed by atoms with Gasteiger partial charge in [0.25, 0.3) is 0 Å². The number of hydrogen-bond acceptors (Lipinski definition) is 2. The zero-order valence-electron chi connectivity index (χ0n) is 16.1. The minimum atomic E-state index is 0.431. The molecule has 5 aromatic carbocycles. The lowest BCUT2D eigenvalue weighted by Gasteiger charge is -2.14. The first kappa shape index (κ1) is 16.7. The van der Waals surface area contributed by atoms with Gasteiger partial charge in [0.15, 0.2) is 0 Å². The average molecular weight is 380 g/mol. The zero-order valence-corrected chi connectivity index (χ0v) is 16.1. The molecule has 0 amide bonds. The molecule has 6 rings (SSSR count). The summed E-state index contributed by atoms with van der Waals surface area (Å²) >= 11 is 0. The second-order valence-corrected chi connectivity index (χ2v) is 7.59. The summed E-state index contributed by atoms with van der Waals surface area (Å²) < 4.78 is 0. The van der Waals surface area contributed by atoms with E-state index in [2.05, 4.69) is 89.9 Å². The highest BCUT2D eigenvalue weighted by atomic mass is 14.7. The SMILES string of the molecule is N#Cc1cc(-c2cccc(-c3ccc4ccc5cccc6ccc3c4c56)c2)ccn1. The molecule has 0 aliphatic carbocycles. The monoisotopic (exact) mass is 380 g/mol. The molecule has 0 aliphatic heterocycles. The third kappa shape index (κ3) is 2.46. The molecular weight excluding hydrogens is 364 g/mol. The van der Waals surface area contributed by atoms with E-state index in [0.717, 1.165) is 11.1 Å². The van der Waals surface area contributed by atoms with Gasteiger partial charge in [-0.1, -0.05) is 72.8 Å². The Kier molecular flexibility index (Phi) is 3.57. The maximum atomic E-state index is 9.18. The van der Waals surface area contributed by atoms with Crippen LogP contribution in [0.4, 0.5) is 0 Å². The van der Waals surface area contributed by atoms with Crippen molar-refractivity contribution in [1.29, 1.82) is 5.26 Å². The van der Waals surface area contributed by atoms with Crippen LogP contribution in [0.25, 0.3) is 54.6 Å². The number of pyridine rings is 1. The number of nitrogens with zero attached hydrogens (tertiary/aromatic N) is 2. The normalized spacial score (nSPS) is 11.3. The number of rotatable bonds is 2. The largest absolute Gasteiger partial charge is 0.246 e. The van der Waals surface area contributed by atoms with E-state index < -0.39 is 0 Å². The molecule has 0 atom stereocenters. The molecule has 0 aliphatic rings. The van der Waals surface area contributed by atoms with Gasteiger partial charge in [-0.3, -0.25) is 0 Å². The second kappa shape index (κ2) is 6.40. The summed E-state index contributed by atoms with van der Waals surface area (Å²) in [6.07, 6.45) is 1.69. The number of aromatic nitrogens is 1. The Bertz CT molecular complexity index is 1590. The van der Waals surface area contributed by atoms with Gasteiger partial charge < -0.3 is 0 Å². The summed E-state index contributed by atoms with van der Waals surface area (Å²) in [6.45, 7) is 0. The van der Waals surface area contributed by atoms with Crippen LogP contribution in [0.5, 0.6) is 0 Å². The van der Waals surface area contributed by atoms with Crippen molar-refractivity contribution in [2.75, 3.05) is 0 Å². The lowest BCUT2D eigenvalue weighted by molar-refractivity contribution is 1.26. The predicted octanol–water partition coefficient (Wildman–Crippen LogP) is 7.18. The van der Waals surface area contributed by atoms with Crippen LogP contribution < -0.4 is 0 Å². The standard InChI is InChI=1S/C28H16N2/c29-17-24-16-22(13-14-30-24)21-5-2-6-23(15-21)25-11-9-20-8-7-18-3-1-4-19-10-12-26(25)28(20)27(18)19/h1-16H. The fourth-order valence-electron chi connectivity index (χ4n) is 4.52. The van der Waals surface area contributed by atoms with Crippen molar-refractivity contribution in [3.05, 3.63) is 103 Å². The summed E-state index contributed by atoms with van der Waals surface area (Å²) in [7, 11) is 0. The minimum Gasteiger partial charge on any atom is -0.246 e. The van der Waals surface area contributed by atoms with Crippen LogP contribution in [-0.2, 0) is 0 Å². The van der Waals surface area contributed by atoms with Crippen LogP contribution in [0.15, 0.2) is 97.2 Å². The van der Waals surface area contributed by atoms with Crippen molar-refractivity contribution < 1.29 is 0 Å². The fourth-order valence-corrected chi connectivity index (χ4v) is 4.52. The molecule has 0 radical (unpaired) electrons. The molecule has 2 heteroatoms. The Morgan fingerprint density at radius 2 is 1.27 bits per heavy atom. The van der Waals surface area contributed by atoms with Gasteiger partial charge in [0.1, 0.15) is 11.8 Å². The smallest absolute Gasteiger partial charge is 0.141 e. The Morgan fingerprint density at radius 1 is 0.600 bits per heavy atom. The third-order valence-electron chi connectivity index (χ3n) is 5.91. The summed E-state index contributed by atoms with van der Waals surface area (Å²) in [5.41, 5.74) is 4.90. The van der Waals surface area contributed by atoms with E-state index >= 15 is 0 Å². The summed E-state index contributed by atoms with van der Waals surface area (Å²) in [5, 5.41) is 16.9. The van der Waals surface area contributed by atoms with Gasteiger partial charge in [-0.15, -0.1) is 0 Å². The first-order valence-electron chi connectivity index (χ1n) is 9.95. The molecule has 1 heterocycles. The Balaban J connectivity index is 1.61. The average Bonchev–Trinajstić information content (AvgIpc) is 2.82. The highest BCUT2D eigenvalue weighted by molar-refractivity contribution is 6.25. The molecule has 30 heavy (non-hydrogen) atoms. The molecular formula is C28H16N2. The molecule has 6 aromatic rings. The number of hydrogen-bond donors (Lipinski definition) is 0. The van der Waals surface area contributed by atoms with Gasteiger partial charge in [-0.05, 0) is 72.8 Å². The van der Waals surface area contributed by atoms with Crippen LogP contribution in [0.1, 0.15) is 5.69 Å². The van der Waals surface area contributed by atoms with Gasteiger partial charge in [-0.2, -0.15) is 5.26 Å². The molecule has 2 nitrogen and oxygen atoms in total. The maximum absolute atomic E-state index is 9.18. The van der Waals surface area contributed by atoms with Crippen molar-refractivity contribution >= 4 is 32.3 Å². The van der Waals surface area contributed by atoms with Gasteiger partial charge in [0.05, 0.1) is 0 Å². The lowest BCUT2D eigenvalue weighted by Crippen LogP contribution is -1.88. The quantitative estimate of drug-likeness (QED) is 0.298. The van der Waals surface area contributed by atoms with Crippen LogP contribution >= 0.6 is 0 Å². The molecule has 138 valence electrons. The van der Waals surface area contributed by atoms with E-state index in [1.165, 1.54) is 43.4 Å². The van der Waals surface area contributed by atoms with Crippen LogP contribution in [0, 0.1) is 11.3 Å². The van der Waals surface area contributed by atoms with E-state index in [-0.39, 0.29) is 0 Å². The van der Waals surface area contributed by atoms with Crippen molar-refractivity contribution in [2.24, 2.45) is 0 Å². The molecule has 0 N–H and O–H groups in total. The van der Waals surface area contributed by atoms with E-state index in [0.29, 0.717) is 5.69 Å². The van der Waals surface area contributed by atoms with Gasteiger partial charge >= 0.3 is 0 Å². The summed E-state index contributed by atoms with van der Waals surface area (Å²) in [4.78, 5) is 4.09. The van der Waals surface area contributed by atoms with Gasteiger partial charge in [0.2, 0.25) is 0 Å². The molecule has 0 saturated carbocycles. The first-order chi connectivity index (χ1) is 14.8. The molecule has 1 aromatic heterocycles. The summed E-state index contributed by atoms with van der Waals surface area (Å²) in [5.74, 6) is 0. The van der Waals surface area contributed by atoms with E-state index in [1.54, 1.807) is 6.20 Å². The highest BCUT2D eigenvalue weighted by Crippen LogP contribution is 2.39. The highest BCUT2D eigenvalue weighted by Gasteiger charge is 2.12. The van der Waals surface area contributed by atoms with Crippen LogP contribution in [0.3, 0.4) is 0 Å². The lowest BCUT2D eigenvalue weighted by atomic mass is 9.89. The van der Waals surface area contributed by atoms with E-state index in [4.69, 9.17) is 0 Å². The second-order valence-electron chi connectivity index (χ2n) is 7.59. The predicted molar refractivity (Wildman–Crippen MR) is 124 cm³/mol. The molecule has 0 fully saturated rings. The Hall–Kier alpha value is -4.22. The minimum absolute atomic E-state index is 0.431. The molecule has 0 unspecified atom stereocenters. The Morgan fingerprint density at radius 3 is 2.10 bits per heavy atom. The van der Waals surface area contributed by atoms with E-state index in [9.17, 15) is 5.26 Å². The zero-order chi connectivity index (χ0) is 20.1. The third-order valence-corrected chi connectivity index (χ3v) is 5.91. The number of benzene rings is 5. The molecule has 0 spiro atoms. The van der Waals surface area contributed by atoms with Crippen molar-refractivity contribution in [3.8, 4) is 28.3 Å². The van der Waals surface area contributed by atoms with Gasteiger partial charge in [-0.25, -0.2) is 4.98 Å². The van der Waals surface area contributed by atoms with Crippen molar-refractivity contribution in [1.82, 2.24) is 4.98 Å². The maximum Gasteiger partial charge on any atom is 0.141 e. The Labute approximate surface area is 174 Å².